The van der Waals surface area contributed by atoms with Gasteiger partial charge in [-0.1, -0.05) is 35.5 Å². The van der Waals surface area contributed by atoms with E-state index in [0.717, 1.165) is 5.56 Å². The molecule has 2 aliphatic rings. The van der Waals surface area contributed by atoms with Crippen LogP contribution in [0.5, 0.6) is 0 Å². The first-order valence-electron chi connectivity index (χ1n) is 11.2. The molecule has 0 aliphatic heterocycles. The Hall–Kier alpha value is -3.55. The molecule has 2 aromatic rings. The van der Waals surface area contributed by atoms with Crippen molar-refractivity contribution in [2.24, 2.45) is 4.99 Å². The Morgan fingerprint density at radius 2 is 1.85 bits per heavy atom. The van der Waals surface area contributed by atoms with Gasteiger partial charge in [0.15, 0.2) is 11.6 Å². The van der Waals surface area contributed by atoms with Crippen molar-refractivity contribution in [3.8, 4) is 0 Å². The molecule has 0 radical (unpaired) electrons. The highest BCUT2D eigenvalue weighted by Gasteiger charge is 2.33. The number of Topliss-reactive ketones (excluding diaryl/α,β-unsaturated/α-hetero) is 2. The number of aliphatic imine (C=N–C) groups is 1. The monoisotopic (exact) mass is 450 g/mol. The summed E-state index contributed by atoms with van der Waals surface area (Å²) < 4.78 is 5.49. The number of aryl methyl sites for hydroxylation is 1. The van der Waals surface area contributed by atoms with Crippen LogP contribution in [0.1, 0.15) is 71.8 Å². The number of ketones is 2. The number of benzene rings is 1. The number of carboxylic acids is 1. The van der Waals surface area contributed by atoms with Crippen LogP contribution < -0.4 is 0 Å². The normalized spacial score (nSPS) is 21.2. The third-order valence-corrected chi connectivity index (χ3v) is 6.15. The number of nitrogens with zero attached hydrogens (tertiary/aromatic N) is 2. The first kappa shape index (κ1) is 22.6. The van der Waals surface area contributed by atoms with Crippen LogP contribution in [0.3, 0.4) is 0 Å². The molecule has 1 atom stereocenters. The lowest BCUT2D eigenvalue weighted by molar-refractivity contribution is -0.136. The van der Waals surface area contributed by atoms with Gasteiger partial charge in [-0.2, -0.15) is 0 Å². The van der Waals surface area contributed by atoms with Crippen LogP contribution in [0.2, 0.25) is 0 Å². The number of rotatable bonds is 7. The van der Waals surface area contributed by atoms with Crippen molar-refractivity contribution >= 4 is 23.2 Å². The van der Waals surface area contributed by atoms with E-state index in [9.17, 15) is 19.5 Å². The number of hydrogen-bond acceptors (Lipinski definition) is 7. The molecule has 4 rings (SSSR count). The zero-order valence-electron chi connectivity index (χ0n) is 18.2. The fraction of sp³-hybridized carbons (Fsp3) is 0.400. The van der Waals surface area contributed by atoms with Gasteiger partial charge in [0.2, 0.25) is 0 Å². The lowest BCUT2D eigenvalue weighted by Crippen LogP contribution is -2.22. The molecule has 2 N–H and O–H groups in total. The predicted molar refractivity (Wildman–Crippen MR) is 120 cm³/mol. The summed E-state index contributed by atoms with van der Waals surface area (Å²) in [5.41, 5.74) is 2.70. The van der Waals surface area contributed by atoms with E-state index in [4.69, 9.17) is 9.63 Å². The number of allylic oxidation sites excluding steroid dienone is 2. The average Bonchev–Trinajstić information content (AvgIpc) is 3.21. The maximum absolute atomic E-state index is 12.9. The Balaban J connectivity index is 1.50. The number of aliphatic hydroxyl groups is 1. The minimum absolute atomic E-state index is 0.0295. The Labute approximate surface area is 191 Å². The van der Waals surface area contributed by atoms with Crippen molar-refractivity contribution in [1.29, 1.82) is 0 Å². The van der Waals surface area contributed by atoms with Gasteiger partial charge in [-0.15, -0.1) is 0 Å². The summed E-state index contributed by atoms with van der Waals surface area (Å²) in [6.45, 7) is 0.0581. The number of carbonyl (C=O) groups excluding carboxylic acids is 2. The van der Waals surface area contributed by atoms with E-state index in [0.29, 0.717) is 54.8 Å². The lowest BCUT2D eigenvalue weighted by atomic mass is 9.81. The summed E-state index contributed by atoms with van der Waals surface area (Å²) >= 11 is 0. The SMILES string of the molecule is O=C(O)CCN=C1CCCC(=O)/C1=C(/O)CCc1noc2c1C(=O)CC(c1ccccc1)C2. The van der Waals surface area contributed by atoms with Gasteiger partial charge in [0.05, 0.1) is 23.3 Å². The molecule has 1 aromatic carbocycles. The van der Waals surface area contributed by atoms with Gasteiger partial charge in [0.1, 0.15) is 11.5 Å². The summed E-state index contributed by atoms with van der Waals surface area (Å²) in [5.74, 6) is -0.684. The second-order valence-corrected chi connectivity index (χ2v) is 8.44. The molecule has 2 aliphatic carbocycles. The molecule has 1 heterocycles. The van der Waals surface area contributed by atoms with E-state index in [2.05, 4.69) is 10.1 Å². The molecule has 172 valence electrons. The maximum atomic E-state index is 12.9. The molecule has 0 saturated heterocycles. The van der Waals surface area contributed by atoms with E-state index in [1.807, 2.05) is 30.3 Å². The fourth-order valence-corrected chi connectivity index (χ4v) is 4.53. The standard InChI is InChI=1S/C25H26N2O6/c28-19-8-4-7-17(26-12-11-23(31)32)24(19)20(29)10-9-18-25-21(30)13-16(14-22(25)33-27-18)15-5-2-1-3-6-15/h1-3,5-6,16,29H,4,7-14H2,(H,31,32)/b24-20+,26-17?. The number of carbonyl (C=O) groups is 3. The molecule has 0 bridgehead atoms. The number of fused-ring (bicyclic) bond motifs is 1. The third kappa shape index (κ3) is 5.10. The third-order valence-electron chi connectivity index (χ3n) is 6.15. The van der Waals surface area contributed by atoms with Crippen LogP contribution in [-0.4, -0.2) is 45.2 Å². The Bertz CT molecular complexity index is 1130. The van der Waals surface area contributed by atoms with Crippen molar-refractivity contribution in [1.82, 2.24) is 5.16 Å². The van der Waals surface area contributed by atoms with Crippen LogP contribution in [0.15, 0.2) is 51.2 Å². The lowest BCUT2D eigenvalue weighted by Gasteiger charge is -2.20. The minimum Gasteiger partial charge on any atom is -0.511 e. The maximum Gasteiger partial charge on any atom is 0.305 e. The van der Waals surface area contributed by atoms with Crippen LogP contribution in [-0.2, 0) is 22.4 Å². The second kappa shape index (κ2) is 9.94. The molecule has 0 spiro atoms. The molecule has 33 heavy (non-hydrogen) atoms. The molecule has 1 saturated carbocycles. The van der Waals surface area contributed by atoms with Gasteiger partial charge in [-0.25, -0.2) is 0 Å². The quantitative estimate of drug-likeness (QED) is 0.481. The summed E-state index contributed by atoms with van der Waals surface area (Å²) in [6.07, 6.45) is 2.65. The number of hydrogen-bond donors (Lipinski definition) is 2. The topological polar surface area (TPSA) is 130 Å². The average molecular weight is 450 g/mol. The highest BCUT2D eigenvalue weighted by molar-refractivity contribution is 6.24. The van der Waals surface area contributed by atoms with E-state index in [1.165, 1.54) is 0 Å². The summed E-state index contributed by atoms with van der Waals surface area (Å²) in [4.78, 5) is 40.3. The summed E-state index contributed by atoms with van der Waals surface area (Å²) in [7, 11) is 0. The predicted octanol–water partition coefficient (Wildman–Crippen LogP) is 4.00. The van der Waals surface area contributed by atoms with Crippen molar-refractivity contribution in [3.05, 3.63) is 64.2 Å². The van der Waals surface area contributed by atoms with Gasteiger partial charge >= 0.3 is 5.97 Å². The minimum atomic E-state index is -0.966. The van der Waals surface area contributed by atoms with E-state index < -0.39 is 5.97 Å². The highest BCUT2D eigenvalue weighted by Crippen LogP contribution is 2.35. The summed E-state index contributed by atoms with van der Waals surface area (Å²) in [5, 5.41) is 23.6. The molecule has 1 fully saturated rings. The molecular weight excluding hydrogens is 424 g/mol. The Kier molecular flexibility index (Phi) is 6.82. The van der Waals surface area contributed by atoms with Crippen LogP contribution >= 0.6 is 0 Å². The van der Waals surface area contributed by atoms with Gasteiger partial charge in [0.25, 0.3) is 0 Å². The van der Waals surface area contributed by atoms with Crippen molar-refractivity contribution in [3.63, 3.8) is 0 Å². The molecule has 1 aromatic heterocycles. The number of carboxylic acid groups (broad SMARTS) is 1. The van der Waals surface area contributed by atoms with Gasteiger partial charge in [-0.05, 0) is 24.3 Å². The number of aromatic nitrogens is 1. The number of aliphatic carboxylic acids is 1. The highest BCUT2D eigenvalue weighted by atomic mass is 16.5. The first-order valence-corrected chi connectivity index (χ1v) is 11.2. The van der Waals surface area contributed by atoms with E-state index >= 15 is 0 Å². The molecule has 0 amide bonds. The zero-order valence-corrected chi connectivity index (χ0v) is 18.2. The first-order chi connectivity index (χ1) is 15.9. The van der Waals surface area contributed by atoms with Crippen molar-refractivity contribution < 1.29 is 29.1 Å². The summed E-state index contributed by atoms with van der Waals surface area (Å²) in [6, 6.07) is 9.83. The van der Waals surface area contributed by atoms with E-state index in [-0.39, 0.29) is 54.6 Å². The smallest absolute Gasteiger partial charge is 0.305 e. The van der Waals surface area contributed by atoms with Crippen LogP contribution in [0.25, 0.3) is 0 Å². The van der Waals surface area contributed by atoms with Gasteiger partial charge in [0, 0.05) is 44.4 Å². The molecule has 1 unspecified atom stereocenters. The largest absolute Gasteiger partial charge is 0.511 e. The molecular formula is C25H26N2O6. The van der Waals surface area contributed by atoms with Crippen LogP contribution in [0, 0.1) is 0 Å². The number of aliphatic hydroxyl groups excluding tert-OH is 1. The Morgan fingerprint density at radius 3 is 2.61 bits per heavy atom. The zero-order chi connectivity index (χ0) is 23.4. The van der Waals surface area contributed by atoms with Crippen molar-refractivity contribution in [2.45, 2.75) is 57.3 Å². The Morgan fingerprint density at radius 1 is 1.06 bits per heavy atom. The van der Waals surface area contributed by atoms with Crippen molar-refractivity contribution in [2.75, 3.05) is 6.54 Å². The fourth-order valence-electron chi connectivity index (χ4n) is 4.53. The van der Waals surface area contributed by atoms with Gasteiger partial charge in [-0.3, -0.25) is 19.4 Å². The van der Waals surface area contributed by atoms with E-state index in [1.54, 1.807) is 0 Å². The van der Waals surface area contributed by atoms with Crippen LogP contribution in [0.4, 0.5) is 0 Å². The van der Waals surface area contributed by atoms with Gasteiger partial charge < -0.3 is 14.7 Å². The molecule has 8 heteroatoms. The second-order valence-electron chi connectivity index (χ2n) is 8.44. The molecule has 8 nitrogen and oxygen atoms in total.